The van der Waals surface area contributed by atoms with Crippen LogP contribution in [0.25, 0.3) is 0 Å². The van der Waals surface area contributed by atoms with Gasteiger partial charge in [-0.3, -0.25) is 0 Å². The fourth-order valence-corrected chi connectivity index (χ4v) is 0. The van der Waals surface area contributed by atoms with Gasteiger partial charge in [-0.05, 0) is 0 Å². The second-order valence-corrected chi connectivity index (χ2v) is 0. The van der Waals surface area contributed by atoms with E-state index in [4.69, 9.17) is 0 Å². The molecule has 0 aromatic rings. The summed E-state index contributed by atoms with van der Waals surface area (Å²) in [5.74, 6) is 0. The van der Waals surface area contributed by atoms with Crippen LogP contribution in [-0.4, -0.2) is 11.0 Å². The minimum absolute atomic E-state index is 0. The normalized spacial score (nSPS) is 0. The second kappa shape index (κ2) is 21.5. The second-order valence-electron chi connectivity index (χ2n) is 0. The Morgan fingerprint density at radius 2 is 0.750 bits per heavy atom. The van der Waals surface area contributed by atoms with Crippen LogP contribution in [0.1, 0.15) is 0 Å². The molecule has 0 radical (unpaired) electrons. The average Bonchev–Trinajstić information content (AvgIpc) is 0. The fraction of sp³-hybridized carbons (Fsp3) is 0. The van der Waals surface area contributed by atoms with Crippen LogP contribution < -0.4 is 0 Å². The van der Waals surface area contributed by atoms with Gasteiger partial charge in [0.05, 0.1) is 0 Å². The first-order valence-corrected chi connectivity index (χ1v) is 0. The van der Waals surface area contributed by atoms with E-state index >= 15 is 0 Å². The third-order valence-corrected chi connectivity index (χ3v) is 0. The molecule has 0 aliphatic carbocycles. The maximum atomic E-state index is 0. The fourth-order valence-electron chi connectivity index (χ4n) is 0. The standard InChI is InChI=1S/Fe.Nd.2H2O/h;;2*1H2. The molecule has 0 aliphatic rings. The van der Waals surface area contributed by atoms with Crippen molar-refractivity contribution in [1.29, 1.82) is 0 Å². The molecule has 0 spiro atoms. The topological polar surface area (TPSA) is 63.0 Å². The predicted molar refractivity (Wildman–Crippen MR) is 7.23 cm³/mol. The Bertz CT molecular complexity index is 6.00. The number of hydrogen-bond acceptors (Lipinski definition) is 0. The van der Waals surface area contributed by atoms with Gasteiger partial charge in [0.1, 0.15) is 0 Å². The van der Waals surface area contributed by atoms with Crippen molar-refractivity contribution in [1.82, 2.24) is 0 Å². The molecule has 0 rings (SSSR count). The molecule has 28 valence electrons. The van der Waals surface area contributed by atoms with Crippen LogP contribution in [0.15, 0.2) is 0 Å². The zero-order chi connectivity index (χ0) is 0. The maximum Gasteiger partial charge on any atom is 0 e. The first-order valence-electron chi connectivity index (χ1n) is 0. The molecule has 0 heterocycles. The minimum Gasteiger partial charge on any atom is -0.412 e. The Hall–Kier alpha value is 1.79. The van der Waals surface area contributed by atoms with Gasteiger partial charge in [-0.15, -0.1) is 0 Å². The molecule has 0 unspecified atom stereocenters. The summed E-state index contributed by atoms with van der Waals surface area (Å²) >= 11 is 0. The van der Waals surface area contributed by atoms with Crippen LogP contribution in [0.5, 0.6) is 0 Å². The SMILES string of the molecule is O.O.[Fe].[Nd]. The predicted octanol–water partition coefficient (Wildman–Crippen LogP) is -1.65. The number of hydrogen-bond donors (Lipinski definition) is 0. The van der Waals surface area contributed by atoms with Crippen molar-refractivity contribution in [3.05, 3.63) is 0 Å². The summed E-state index contributed by atoms with van der Waals surface area (Å²) in [6.45, 7) is 0. The van der Waals surface area contributed by atoms with Gasteiger partial charge >= 0.3 is 0 Å². The Morgan fingerprint density at radius 3 is 0.750 bits per heavy atom. The molecule has 4 N–H and O–H groups in total. The van der Waals surface area contributed by atoms with Gasteiger partial charge in [-0.25, -0.2) is 0 Å². The minimum atomic E-state index is 0. The Labute approximate surface area is 68.0 Å². The monoisotopic (exact) mass is 234 g/mol. The molecule has 0 atom stereocenters. The summed E-state index contributed by atoms with van der Waals surface area (Å²) in [6.07, 6.45) is 0. The molecule has 2 nitrogen and oxygen atoms in total. The third-order valence-electron chi connectivity index (χ3n) is 0. The van der Waals surface area contributed by atoms with E-state index in [0.29, 0.717) is 0 Å². The van der Waals surface area contributed by atoms with Crippen LogP contribution in [0, 0.1) is 40.8 Å². The van der Waals surface area contributed by atoms with Gasteiger partial charge in [0, 0.05) is 57.9 Å². The first kappa shape index (κ1) is 41.5. The summed E-state index contributed by atoms with van der Waals surface area (Å²) in [5, 5.41) is 0. The van der Waals surface area contributed by atoms with Gasteiger partial charge in [-0.2, -0.15) is 0 Å². The summed E-state index contributed by atoms with van der Waals surface area (Å²) in [7, 11) is 0. The van der Waals surface area contributed by atoms with Crippen molar-refractivity contribution >= 4 is 0 Å². The van der Waals surface area contributed by atoms with Gasteiger partial charge in [-0.1, -0.05) is 0 Å². The molecule has 4 heteroatoms. The molecule has 0 aromatic carbocycles. The van der Waals surface area contributed by atoms with Crippen LogP contribution in [0.2, 0.25) is 0 Å². The van der Waals surface area contributed by atoms with E-state index in [9.17, 15) is 0 Å². The zero-order valence-corrected chi connectivity index (χ0v) is 6.17. The van der Waals surface area contributed by atoms with Gasteiger partial charge in [0.2, 0.25) is 0 Å². The summed E-state index contributed by atoms with van der Waals surface area (Å²) in [4.78, 5) is 0. The van der Waals surface area contributed by atoms with E-state index in [0.717, 1.165) is 0 Å². The smallest absolute Gasteiger partial charge is 0 e. The van der Waals surface area contributed by atoms with Crippen molar-refractivity contribution in [3.8, 4) is 0 Å². The third kappa shape index (κ3) is 9.21. The van der Waals surface area contributed by atoms with Crippen LogP contribution in [0.3, 0.4) is 0 Å². The van der Waals surface area contributed by atoms with Crippen molar-refractivity contribution in [2.45, 2.75) is 0 Å². The van der Waals surface area contributed by atoms with E-state index in [1.165, 1.54) is 0 Å². The molecule has 0 aromatic heterocycles. The molecule has 0 saturated heterocycles. The van der Waals surface area contributed by atoms with Crippen molar-refractivity contribution in [2.75, 3.05) is 0 Å². The van der Waals surface area contributed by atoms with Crippen LogP contribution in [-0.2, 0) is 17.1 Å². The summed E-state index contributed by atoms with van der Waals surface area (Å²) < 4.78 is 0. The zero-order valence-electron chi connectivity index (χ0n) is 1.85. The molecule has 0 fully saturated rings. The molecule has 0 aliphatic heterocycles. The van der Waals surface area contributed by atoms with E-state index in [-0.39, 0.29) is 68.9 Å². The Morgan fingerprint density at radius 1 is 0.750 bits per heavy atom. The molecule has 0 saturated carbocycles. The van der Waals surface area contributed by atoms with Crippen LogP contribution >= 0.6 is 0 Å². The quantitative estimate of drug-likeness (QED) is 0.452. The van der Waals surface area contributed by atoms with E-state index < -0.39 is 0 Å². The number of rotatable bonds is 0. The van der Waals surface area contributed by atoms with E-state index in [1.807, 2.05) is 0 Å². The largest absolute Gasteiger partial charge is 0.412 e. The summed E-state index contributed by atoms with van der Waals surface area (Å²) in [5.41, 5.74) is 0. The van der Waals surface area contributed by atoms with Crippen molar-refractivity contribution < 1.29 is 68.9 Å². The van der Waals surface area contributed by atoms with E-state index in [2.05, 4.69) is 0 Å². The molecular weight excluding hydrogens is 232 g/mol. The van der Waals surface area contributed by atoms with Gasteiger partial charge < -0.3 is 11.0 Å². The summed E-state index contributed by atoms with van der Waals surface area (Å²) in [6, 6.07) is 0. The molecule has 4 heavy (non-hydrogen) atoms. The molecular formula is H4FeNdO2. The van der Waals surface area contributed by atoms with Gasteiger partial charge in [0.15, 0.2) is 0 Å². The Kier molecular flexibility index (Phi) is 223. The Balaban J connectivity index is 0. The average molecular weight is 236 g/mol. The maximum absolute atomic E-state index is 0. The van der Waals surface area contributed by atoms with Crippen molar-refractivity contribution in [2.24, 2.45) is 0 Å². The van der Waals surface area contributed by atoms with Gasteiger partial charge in [0.25, 0.3) is 0 Å². The van der Waals surface area contributed by atoms with Crippen molar-refractivity contribution in [3.63, 3.8) is 0 Å². The molecule has 0 bridgehead atoms. The molecule has 0 amide bonds. The van der Waals surface area contributed by atoms with E-state index in [1.54, 1.807) is 0 Å². The first-order chi connectivity index (χ1) is 0. The van der Waals surface area contributed by atoms with Crippen LogP contribution in [0.4, 0.5) is 0 Å².